The third kappa shape index (κ3) is 5.22. The zero-order chi connectivity index (χ0) is 9.78. The maximum atomic E-state index is 11.9. The molecule has 7 heteroatoms. The van der Waals surface area contributed by atoms with E-state index >= 15 is 0 Å². The minimum Gasteiger partial charge on any atom is -0.323 e. The molecular formula is C5H6F6O. The smallest absolute Gasteiger partial charge is 0.323 e. The SMILES string of the molecule is FC(F)OCCC(F)C(F)(F)F. The molecule has 0 spiro atoms. The van der Waals surface area contributed by atoms with Crippen LogP contribution in [0.25, 0.3) is 0 Å². The molecule has 0 saturated heterocycles. The Labute approximate surface area is 64.3 Å². The minimum atomic E-state index is -4.99. The van der Waals surface area contributed by atoms with Gasteiger partial charge >= 0.3 is 12.8 Å². The van der Waals surface area contributed by atoms with Gasteiger partial charge in [-0.25, -0.2) is 4.39 Å². The van der Waals surface area contributed by atoms with Crippen LogP contribution in [0.1, 0.15) is 6.42 Å². The Kier molecular flexibility index (Phi) is 4.36. The molecule has 0 bridgehead atoms. The lowest BCUT2D eigenvalue weighted by Gasteiger charge is -2.11. The number of hydrogen-bond acceptors (Lipinski definition) is 1. The highest BCUT2D eigenvalue weighted by Crippen LogP contribution is 2.25. The van der Waals surface area contributed by atoms with Gasteiger partial charge in [0.05, 0.1) is 6.61 Å². The third-order valence-electron chi connectivity index (χ3n) is 0.970. The van der Waals surface area contributed by atoms with E-state index in [0.717, 1.165) is 0 Å². The second kappa shape index (κ2) is 4.54. The predicted octanol–water partition coefficient (Wildman–Crippen LogP) is 2.52. The molecule has 0 fully saturated rings. The average molecular weight is 196 g/mol. The molecule has 0 saturated carbocycles. The Bertz CT molecular complexity index is 122. The molecule has 0 N–H and O–H groups in total. The number of rotatable bonds is 4. The molecule has 0 heterocycles. The van der Waals surface area contributed by atoms with Gasteiger partial charge in [0.1, 0.15) is 0 Å². The Morgan fingerprint density at radius 1 is 1.08 bits per heavy atom. The molecule has 12 heavy (non-hydrogen) atoms. The van der Waals surface area contributed by atoms with Crippen molar-refractivity contribution in [1.29, 1.82) is 0 Å². The quantitative estimate of drug-likeness (QED) is 0.627. The molecule has 0 aliphatic carbocycles. The number of halogens is 6. The van der Waals surface area contributed by atoms with Gasteiger partial charge in [0.15, 0.2) is 6.17 Å². The van der Waals surface area contributed by atoms with Gasteiger partial charge in [0.25, 0.3) is 0 Å². The van der Waals surface area contributed by atoms with E-state index in [9.17, 15) is 26.3 Å². The highest BCUT2D eigenvalue weighted by molar-refractivity contribution is 4.64. The summed E-state index contributed by atoms with van der Waals surface area (Å²) < 4.78 is 71.7. The van der Waals surface area contributed by atoms with Gasteiger partial charge in [-0.05, 0) is 0 Å². The van der Waals surface area contributed by atoms with Crippen LogP contribution in [0.4, 0.5) is 26.3 Å². The third-order valence-corrected chi connectivity index (χ3v) is 0.970. The Hall–Kier alpha value is -0.460. The average Bonchev–Trinajstić information content (AvgIpc) is 1.84. The van der Waals surface area contributed by atoms with Gasteiger partial charge < -0.3 is 4.74 Å². The van der Waals surface area contributed by atoms with E-state index in [1.54, 1.807) is 0 Å². The van der Waals surface area contributed by atoms with E-state index in [1.807, 2.05) is 0 Å². The molecule has 1 atom stereocenters. The minimum absolute atomic E-state index is 0.946. The summed E-state index contributed by atoms with van der Waals surface area (Å²) in [6.45, 7) is -4.11. The monoisotopic (exact) mass is 196 g/mol. The van der Waals surface area contributed by atoms with Crippen molar-refractivity contribution in [2.24, 2.45) is 0 Å². The molecular weight excluding hydrogens is 190 g/mol. The first kappa shape index (κ1) is 11.5. The van der Waals surface area contributed by atoms with E-state index in [2.05, 4.69) is 4.74 Å². The van der Waals surface area contributed by atoms with Crippen molar-refractivity contribution < 1.29 is 31.1 Å². The molecule has 74 valence electrons. The summed E-state index contributed by atoms with van der Waals surface area (Å²) in [5.41, 5.74) is 0. The molecule has 0 aliphatic heterocycles. The van der Waals surface area contributed by atoms with E-state index in [1.165, 1.54) is 0 Å². The predicted molar refractivity (Wildman–Crippen MR) is 27.5 cm³/mol. The lowest BCUT2D eigenvalue weighted by atomic mass is 10.3. The molecule has 0 rings (SSSR count). The topological polar surface area (TPSA) is 9.23 Å². The van der Waals surface area contributed by atoms with Crippen LogP contribution >= 0.6 is 0 Å². The van der Waals surface area contributed by atoms with Crippen LogP contribution in [0.15, 0.2) is 0 Å². The van der Waals surface area contributed by atoms with Gasteiger partial charge in [0.2, 0.25) is 0 Å². The van der Waals surface area contributed by atoms with Crippen LogP contribution in [0.5, 0.6) is 0 Å². The van der Waals surface area contributed by atoms with E-state index in [0.29, 0.717) is 0 Å². The first-order valence-corrected chi connectivity index (χ1v) is 2.94. The fourth-order valence-electron chi connectivity index (χ4n) is 0.424. The van der Waals surface area contributed by atoms with Gasteiger partial charge in [-0.1, -0.05) is 0 Å². The second-order valence-corrected chi connectivity index (χ2v) is 1.93. The molecule has 0 aromatic carbocycles. The van der Waals surface area contributed by atoms with Gasteiger partial charge in [-0.2, -0.15) is 22.0 Å². The van der Waals surface area contributed by atoms with Crippen LogP contribution in [0.3, 0.4) is 0 Å². The highest BCUT2D eigenvalue weighted by atomic mass is 19.4. The lowest BCUT2D eigenvalue weighted by Crippen LogP contribution is -2.26. The summed E-state index contributed by atoms with van der Waals surface area (Å²) in [6, 6.07) is 0. The normalized spacial score (nSPS) is 15.2. The number of hydrogen-bond donors (Lipinski definition) is 0. The number of alkyl halides is 6. The Morgan fingerprint density at radius 2 is 1.58 bits per heavy atom. The van der Waals surface area contributed by atoms with Crippen molar-refractivity contribution in [3.8, 4) is 0 Å². The van der Waals surface area contributed by atoms with Crippen molar-refractivity contribution in [3.05, 3.63) is 0 Å². The van der Waals surface area contributed by atoms with Crippen molar-refractivity contribution in [2.45, 2.75) is 25.4 Å². The second-order valence-electron chi connectivity index (χ2n) is 1.93. The molecule has 0 aromatic heterocycles. The van der Waals surface area contributed by atoms with Gasteiger partial charge in [0, 0.05) is 6.42 Å². The molecule has 0 aromatic rings. The van der Waals surface area contributed by atoms with E-state index in [-0.39, 0.29) is 0 Å². The largest absolute Gasteiger partial charge is 0.419 e. The fourth-order valence-corrected chi connectivity index (χ4v) is 0.424. The molecule has 0 radical (unpaired) electrons. The standard InChI is InChI=1S/C5H6F6O/c6-3(5(9,10)11)1-2-12-4(7)8/h3-4H,1-2H2. The molecule has 1 unspecified atom stereocenters. The summed E-state index contributed by atoms with van der Waals surface area (Å²) >= 11 is 0. The van der Waals surface area contributed by atoms with Crippen molar-refractivity contribution >= 4 is 0 Å². The van der Waals surface area contributed by atoms with Gasteiger partial charge in [-0.15, -0.1) is 0 Å². The first-order valence-electron chi connectivity index (χ1n) is 2.94. The summed E-state index contributed by atoms with van der Waals surface area (Å²) in [6.07, 6.45) is -9.20. The summed E-state index contributed by atoms with van der Waals surface area (Å²) in [7, 11) is 0. The Morgan fingerprint density at radius 3 is 1.92 bits per heavy atom. The zero-order valence-electron chi connectivity index (χ0n) is 5.74. The molecule has 0 amide bonds. The van der Waals surface area contributed by atoms with Crippen LogP contribution in [-0.2, 0) is 4.74 Å². The highest BCUT2D eigenvalue weighted by Gasteiger charge is 2.39. The van der Waals surface area contributed by atoms with Crippen LogP contribution < -0.4 is 0 Å². The van der Waals surface area contributed by atoms with Crippen molar-refractivity contribution in [2.75, 3.05) is 6.61 Å². The summed E-state index contributed by atoms with van der Waals surface area (Å²) in [5.74, 6) is 0. The maximum absolute atomic E-state index is 11.9. The first-order chi connectivity index (χ1) is 5.34. The van der Waals surface area contributed by atoms with Crippen molar-refractivity contribution in [1.82, 2.24) is 0 Å². The maximum Gasteiger partial charge on any atom is 0.419 e. The van der Waals surface area contributed by atoms with Gasteiger partial charge in [-0.3, -0.25) is 0 Å². The zero-order valence-corrected chi connectivity index (χ0v) is 5.74. The van der Waals surface area contributed by atoms with Crippen molar-refractivity contribution in [3.63, 3.8) is 0 Å². The fraction of sp³-hybridized carbons (Fsp3) is 1.00. The summed E-state index contributed by atoms with van der Waals surface area (Å²) in [5, 5.41) is 0. The summed E-state index contributed by atoms with van der Waals surface area (Å²) in [4.78, 5) is 0. The van der Waals surface area contributed by atoms with Crippen LogP contribution in [0, 0.1) is 0 Å². The molecule has 0 aliphatic rings. The molecule has 1 nitrogen and oxygen atoms in total. The van der Waals surface area contributed by atoms with E-state index < -0.39 is 32.0 Å². The van der Waals surface area contributed by atoms with E-state index in [4.69, 9.17) is 0 Å². The Balaban J connectivity index is 3.51. The number of ether oxygens (including phenoxy) is 1. The van der Waals surface area contributed by atoms with Crippen LogP contribution in [0.2, 0.25) is 0 Å². The van der Waals surface area contributed by atoms with Crippen LogP contribution in [-0.4, -0.2) is 25.6 Å². The lowest BCUT2D eigenvalue weighted by molar-refractivity contribution is -0.193.